The van der Waals surface area contributed by atoms with Crippen molar-refractivity contribution in [1.29, 1.82) is 0 Å². The quantitative estimate of drug-likeness (QED) is 0.299. The van der Waals surface area contributed by atoms with Gasteiger partial charge in [-0.2, -0.15) is 0 Å². The highest BCUT2D eigenvalue weighted by molar-refractivity contribution is 8.15. The van der Waals surface area contributed by atoms with Crippen molar-refractivity contribution < 1.29 is 9.53 Å². The number of hydrogen-bond donors (Lipinski definition) is 1. The average Bonchev–Trinajstić information content (AvgIpc) is 2.03. The summed E-state index contributed by atoms with van der Waals surface area (Å²) in [5.74, 6) is 0.950. The van der Waals surface area contributed by atoms with Gasteiger partial charge in [-0.15, -0.1) is 0 Å². The maximum Gasteiger partial charge on any atom is 0.330 e. The molecule has 0 spiro atoms. The Bertz CT molecular complexity index is 143. The second-order valence-corrected chi connectivity index (χ2v) is 5.49. The third-order valence-corrected chi connectivity index (χ3v) is 2.62. The van der Waals surface area contributed by atoms with Crippen LogP contribution in [0.25, 0.3) is 0 Å². The van der Waals surface area contributed by atoms with E-state index >= 15 is 0 Å². The Labute approximate surface area is 77.3 Å². The topological polar surface area (TPSA) is 26.3 Å². The van der Waals surface area contributed by atoms with Gasteiger partial charge in [0.25, 0.3) is 0 Å². The summed E-state index contributed by atoms with van der Waals surface area (Å²) in [5.41, 5.74) is 0. The molecule has 0 aliphatic heterocycles. The van der Waals surface area contributed by atoms with Gasteiger partial charge in [-0.1, -0.05) is 6.58 Å². The molecule has 0 radical (unpaired) electrons. The molecule has 0 unspecified atom stereocenters. The van der Waals surface area contributed by atoms with Crippen LogP contribution < -0.4 is 0 Å². The molecule has 0 aliphatic rings. The van der Waals surface area contributed by atoms with Crippen LogP contribution in [0, 0.1) is 0 Å². The number of ether oxygens (including phenoxy) is 1. The minimum absolute atomic E-state index is 0.203. The van der Waals surface area contributed by atoms with Gasteiger partial charge >= 0.3 is 5.97 Å². The SMILES string of the molecule is C=CC(=O)OCCCC[SH](C)C. The van der Waals surface area contributed by atoms with Gasteiger partial charge in [-0.05, 0) is 31.1 Å². The maximum absolute atomic E-state index is 10.6. The standard InChI is InChI=1S/C9H18O2S/c1-4-9(10)11-7-5-6-8-12(2)3/h4,12H,1,5-8H2,2-3H3. The van der Waals surface area contributed by atoms with Crippen LogP contribution in [-0.2, 0) is 9.53 Å². The molecule has 12 heavy (non-hydrogen) atoms. The number of unbranched alkanes of at least 4 members (excludes halogenated alkanes) is 1. The van der Waals surface area contributed by atoms with E-state index in [0.717, 1.165) is 12.8 Å². The van der Waals surface area contributed by atoms with Crippen LogP contribution >= 0.6 is 10.9 Å². The molecule has 2 nitrogen and oxygen atoms in total. The Kier molecular flexibility index (Phi) is 6.96. The number of carbonyl (C=O) groups is 1. The zero-order valence-corrected chi connectivity index (χ0v) is 8.77. The number of thiol groups is 1. The molecule has 0 rings (SSSR count). The molecule has 0 saturated carbocycles. The molecule has 0 saturated heterocycles. The van der Waals surface area contributed by atoms with E-state index in [4.69, 9.17) is 4.74 Å². The van der Waals surface area contributed by atoms with Gasteiger partial charge < -0.3 is 4.74 Å². The second kappa shape index (κ2) is 7.22. The molecule has 0 aromatic carbocycles. The van der Waals surface area contributed by atoms with Crippen molar-refractivity contribution in [2.45, 2.75) is 12.8 Å². The van der Waals surface area contributed by atoms with E-state index in [-0.39, 0.29) is 16.9 Å². The summed E-state index contributed by atoms with van der Waals surface area (Å²) in [6.45, 7) is 3.85. The highest BCUT2D eigenvalue weighted by Crippen LogP contribution is 2.14. The van der Waals surface area contributed by atoms with Crippen molar-refractivity contribution in [2.24, 2.45) is 0 Å². The number of hydrogen-bond acceptors (Lipinski definition) is 2. The normalized spacial score (nSPS) is 10.7. The van der Waals surface area contributed by atoms with Crippen LogP contribution in [0.3, 0.4) is 0 Å². The lowest BCUT2D eigenvalue weighted by Crippen LogP contribution is -2.02. The van der Waals surface area contributed by atoms with E-state index in [9.17, 15) is 4.79 Å². The average molecular weight is 190 g/mol. The first-order valence-electron chi connectivity index (χ1n) is 4.10. The minimum atomic E-state index is -0.315. The van der Waals surface area contributed by atoms with E-state index in [2.05, 4.69) is 19.1 Å². The zero-order chi connectivity index (χ0) is 9.40. The van der Waals surface area contributed by atoms with Crippen LogP contribution in [0.15, 0.2) is 12.7 Å². The van der Waals surface area contributed by atoms with Crippen LogP contribution in [0.4, 0.5) is 0 Å². The number of carbonyl (C=O) groups excluding carboxylic acids is 1. The van der Waals surface area contributed by atoms with Crippen LogP contribution in [0.5, 0.6) is 0 Å². The van der Waals surface area contributed by atoms with E-state index in [1.165, 1.54) is 11.8 Å². The monoisotopic (exact) mass is 190 g/mol. The summed E-state index contributed by atoms with van der Waals surface area (Å²) in [6, 6.07) is 0. The molecule has 0 heterocycles. The summed E-state index contributed by atoms with van der Waals surface area (Å²) >= 11 is 0. The maximum atomic E-state index is 10.6. The van der Waals surface area contributed by atoms with Crippen molar-refractivity contribution >= 4 is 16.9 Å². The summed E-state index contributed by atoms with van der Waals surface area (Å²) in [4.78, 5) is 10.6. The first-order valence-corrected chi connectivity index (χ1v) is 6.53. The number of esters is 1. The van der Waals surface area contributed by atoms with Crippen molar-refractivity contribution in [1.82, 2.24) is 0 Å². The molecule has 0 amide bonds. The fourth-order valence-corrected chi connectivity index (χ4v) is 1.62. The molecular weight excluding hydrogens is 172 g/mol. The summed E-state index contributed by atoms with van der Waals surface area (Å²) in [7, 11) is 0.203. The Balaban J connectivity index is 3.11. The van der Waals surface area contributed by atoms with Crippen molar-refractivity contribution in [3.8, 4) is 0 Å². The summed E-state index contributed by atoms with van der Waals surface area (Å²) in [5, 5.41) is 0. The van der Waals surface area contributed by atoms with Crippen LogP contribution in [-0.4, -0.2) is 30.8 Å². The van der Waals surface area contributed by atoms with Gasteiger partial charge in [0.2, 0.25) is 0 Å². The first kappa shape index (κ1) is 11.6. The third-order valence-electron chi connectivity index (χ3n) is 1.41. The van der Waals surface area contributed by atoms with Gasteiger partial charge in [0.15, 0.2) is 0 Å². The lowest BCUT2D eigenvalue weighted by atomic mass is 10.4. The Morgan fingerprint density at radius 3 is 2.67 bits per heavy atom. The molecule has 0 atom stereocenters. The van der Waals surface area contributed by atoms with E-state index in [0.29, 0.717) is 6.61 Å². The Hall–Kier alpha value is -0.440. The molecule has 0 aliphatic carbocycles. The van der Waals surface area contributed by atoms with Crippen molar-refractivity contribution in [3.63, 3.8) is 0 Å². The van der Waals surface area contributed by atoms with E-state index in [1.807, 2.05) is 0 Å². The van der Waals surface area contributed by atoms with Crippen molar-refractivity contribution in [2.75, 3.05) is 24.9 Å². The Morgan fingerprint density at radius 1 is 1.50 bits per heavy atom. The van der Waals surface area contributed by atoms with Gasteiger partial charge in [0, 0.05) is 6.08 Å². The van der Waals surface area contributed by atoms with E-state index < -0.39 is 0 Å². The third kappa shape index (κ3) is 7.66. The highest BCUT2D eigenvalue weighted by atomic mass is 32.2. The molecule has 0 aromatic rings. The molecule has 0 N–H and O–H groups in total. The fraction of sp³-hybridized carbons (Fsp3) is 0.667. The van der Waals surface area contributed by atoms with Crippen LogP contribution in [0.1, 0.15) is 12.8 Å². The predicted octanol–water partition coefficient (Wildman–Crippen LogP) is 1.76. The molecule has 0 aromatic heterocycles. The Morgan fingerprint density at radius 2 is 2.17 bits per heavy atom. The lowest BCUT2D eigenvalue weighted by molar-refractivity contribution is -0.137. The van der Waals surface area contributed by atoms with Crippen LogP contribution in [0.2, 0.25) is 0 Å². The second-order valence-electron chi connectivity index (χ2n) is 2.88. The summed E-state index contributed by atoms with van der Waals surface area (Å²) in [6.07, 6.45) is 7.84. The lowest BCUT2D eigenvalue weighted by Gasteiger charge is -2.07. The minimum Gasteiger partial charge on any atom is -0.463 e. The van der Waals surface area contributed by atoms with Crippen molar-refractivity contribution in [3.05, 3.63) is 12.7 Å². The molecule has 72 valence electrons. The molecular formula is C9H18O2S. The molecule has 0 fully saturated rings. The number of rotatable bonds is 6. The molecule has 0 bridgehead atoms. The van der Waals surface area contributed by atoms with Gasteiger partial charge in [-0.25, -0.2) is 4.79 Å². The zero-order valence-electron chi connectivity index (χ0n) is 7.88. The van der Waals surface area contributed by atoms with Gasteiger partial charge in [0.05, 0.1) is 6.61 Å². The smallest absolute Gasteiger partial charge is 0.330 e. The highest BCUT2D eigenvalue weighted by Gasteiger charge is 1.95. The summed E-state index contributed by atoms with van der Waals surface area (Å²) < 4.78 is 4.82. The fourth-order valence-electron chi connectivity index (χ4n) is 0.762. The first-order chi connectivity index (χ1) is 5.66. The van der Waals surface area contributed by atoms with Gasteiger partial charge in [-0.3, -0.25) is 10.9 Å². The van der Waals surface area contributed by atoms with Gasteiger partial charge in [0.1, 0.15) is 0 Å². The molecule has 3 heteroatoms. The van der Waals surface area contributed by atoms with E-state index in [1.54, 1.807) is 0 Å². The predicted molar refractivity (Wildman–Crippen MR) is 56.1 cm³/mol. The largest absolute Gasteiger partial charge is 0.463 e.